The summed E-state index contributed by atoms with van der Waals surface area (Å²) in [5.41, 5.74) is 0.252. The number of amides is 3. The molecule has 1 atom stereocenters. The summed E-state index contributed by atoms with van der Waals surface area (Å²) in [6, 6.07) is 15.7. The van der Waals surface area contributed by atoms with Crippen LogP contribution < -0.4 is 5.32 Å². The Labute approximate surface area is 181 Å². The molecule has 1 fully saturated rings. The zero-order valence-corrected chi connectivity index (χ0v) is 18.0. The van der Waals surface area contributed by atoms with Gasteiger partial charge < -0.3 is 15.1 Å². The zero-order valence-electron chi connectivity index (χ0n) is 17.2. The SMILES string of the molecule is CCC(=O)N1CCN(C(=O)C(NC(=O)c2ccccc2)S(=O)(=O)c2ccccc2)CC1. The molecule has 0 bridgehead atoms. The van der Waals surface area contributed by atoms with Gasteiger partial charge in [0.05, 0.1) is 4.90 Å². The van der Waals surface area contributed by atoms with Crippen molar-refractivity contribution in [1.29, 1.82) is 0 Å². The summed E-state index contributed by atoms with van der Waals surface area (Å²) in [6.07, 6.45) is 0.367. The predicted molar refractivity (Wildman–Crippen MR) is 115 cm³/mol. The van der Waals surface area contributed by atoms with Gasteiger partial charge in [-0.15, -0.1) is 0 Å². The van der Waals surface area contributed by atoms with Crippen molar-refractivity contribution in [2.75, 3.05) is 26.2 Å². The van der Waals surface area contributed by atoms with E-state index >= 15 is 0 Å². The lowest BCUT2D eigenvalue weighted by Crippen LogP contribution is -2.57. The van der Waals surface area contributed by atoms with Crippen molar-refractivity contribution in [2.24, 2.45) is 0 Å². The van der Waals surface area contributed by atoms with Crippen LogP contribution in [-0.4, -0.2) is 67.5 Å². The highest BCUT2D eigenvalue weighted by Gasteiger charge is 2.39. The number of hydrogen-bond donors (Lipinski definition) is 1. The van der Waals surface area contributed by atoms with Crippen molar-refractivity contribution in [3.8, 4) is 0 Å². The second-order valence-electron chi connectivity index (χ2n) is 7.14. The number of benzene rings is 2. The lowest BCUT2D eigenvalue weighted by molar-refractivity contribution is -0.139. The van der Waals surface area contributed by atoms with Gasteiger partial charge in [-0.3, -0.25) is 14.4 Å². The number of nitrogens with zero attached hydrogens (tertiary/aromatic N) is 2. The van der Waals surface area contributed by atoms with Crippen LogP contribution in [0.3, 0.4) is 0 Å². The van der Waals surface area contributed by atoms with Gasteiger partial charge in [0.1, 0.15) is 0 Å². The molecule has 164 valence electrons. The second kappa shape index (κ2) is 9.74. The minimum atomic E-state index is -4.19. The van der Waals surface area contributed by atoms with E-state index < -0.39 is 27.0 Å². The van der Waals surface area contributed by atoms with Crippen molar-refractivity contribution in [3.05, 3.63) is 66.2 Å². The molecule has 0 radical (unpaired) electrons. The lowest BCUT2D eigenvalue weighted by atomic mass is 10.2. The highest BCUT2D eigenvalue weighted by molar-refractivity contribution is 7.92. The molecule has 9 heteroatoms. The molecule has 3 rings (SSSR count). The Kier molecular flexibility index (Phi) is 7.06. The monoisotopic (exact) mass is 443 g/mol. The predicted octanol–water partition coefficient (Wildman–Crippen LogP) is 1.30. The molecule has 0 spiro atoms. The molecule has 2 aromatic carbocycles. The van der Waals surface area contributed by atoms with E-state index in [-0.39, 0.29) is 29.5 Å². The van der Waals surface area contributed by atoms with Gasteiger partial charge in [-0.2, -0.15) is 0 Å². The van der Waals surface area contributed by atoms with Gasteiger partial charge in [0, 0.05) is 38.2 Å². The number of piperazine rings is 1. The first-order chi connectivity index (χ1) is 14.8. The highest BCUT2D eigenvalue weighted by atomic mass is 32.2. The van der Waals surface area contributed by atoms with E-state index in [1.165, 1.54) is 17.0 Å². The number of carbonyl (C=O) groups excluding carboxylic acids is 3. The highest BCUT2D eigenvalue weighted by Crippen LogP contribution is 2.18. The average Bonchev–Trinajstić information content (AvgIpc) is 2.82. The van der Waals surface area contributed by atoms with Crippen molar-refractivity contribution in [1.82, 2.24) is 15.1 Å². The fourth-order valence-corrected chi connectivity index (χ4v) is 4.86. The normalized spacial score (nSPS) is 15.3. The molecule has 0 aromatic heterocycles. The number of nitrogens with one attached hydrogen (secondary N) is 1. The topological polar surface area (TPSA) is 104 Å². The van der Waals surface area contributed by atoms with Crippen molar-refractivity contribution in [3.63, 3.8) is 0 Å². The number of rotatable bonds is 6. The standard InChI is InChI=1S/C22H25N3O5S/c1-2-19(26)24-13-15-25(16-14-24)22(28)21(23-20(27)17-9-5-3-6-10-17)31(29,30)18-11-7-4-8-12-18/h3-12,21H,2,13-16H2,1H3,(H,23,27). The third-order valence-electron chi connectivity index (χ3n) is 5.15. The van der Waals surface area contributed by atoms with Crippen LogP contribution >= 0.6 is 0 Å². The third kappa shape index (κ3) is 5.11. The molecule has 1 N–H and O–H groups in total. The Hall–Kier alpha value is -3.20. The summed E-state index contributed by atoms with van der Waals surface area (Å²) in [7, 11) is -4.19. The molecule has 31 heavy (non-hydrogen) atoms. The van der Waals surface area contributed by atoms with Crippen LogP contribution in [0.2, 0.25) is 0 Å². The van der Waals surface area contributed by atoms with E-state index in [1.807, 2.05) is 0 Å². The molecule has 1 aliphatic heterocycles. The van der Waals surface area contributed by atoms with Gasteiger partial charge in [0.25, 0.3) is 11.8 Å². The van der Waals surface area contributed by atoms with E-state index in [9.17, 15) is 22.8 Å². The molecular weight excluding hydrogens is 418 g/mol. The first-order valence-corrected chi connectivity index (χ1v) is 11.6. The molecule has 8 nitrogen and oxygen atoms in total. The van der Waals surface area contributed by atoms with Gasteiger partial charge in [0.15, 0.2) is 0 Å². The minimum Gasteiger partial charge on any atom is -0.339 e. The Morgan fingerprint density at radius 2 is 1.39 bits per heavy atom. The number of carbonyl (C=O) groups is 3. The Balaban J connectivity index is 1.86. The van der Waals surface area contributed by atoms with Gasteiger partial charge >= 0.3 is 0 Å². The van der Waals surface area contributed by atoms with Gasteiger partial charge in [-0.25, -0.2) is 8.42 Å². The molecule has 0 aliphatic carbocycles. The summed E-state index contributed by atoms with van der Waals surface area (Å²) in [5.74, 6) is -1.38. The largest absolute Gasteiger partial charge is 0.339 e. The molecule has 2 aromatic rings. The second-order valence-corrected chi connectivity index (χ2v) is 9.17. The fourth-order valence-electron chi connectivity index (χ4n) is 3.38. The maximum Gasteiger partial charge on any atom is 0.261 e. The number of hydrogen-bond acceptors (Lipinski definition) is 5. The van der Waals surface area contributed by atoms with Crippen molar-refractivity contribution < 1.29 is 22.8 Å². The molecular formula is C22H25N3O5S. The molecule has 3 amide bonds. The summed E-state index contributed by atoms with van der Waals surface area (Å²) in [6.45, 7) is 2.81. The summed E-state index contributed by atoms with van der Waals surface area (Å²) < 4.78 is 26.6. The molecule has 1 saturated heterocycles. The third-order valence-corrected chi connectivity index (χ3v) is 7.02. The van der Waals surface area contributed by atoms with E-state index in [0.29, 0.717) is 19.5 Å². The minimum absolute atomic E-state index is 0.0158. The van der Waals surface area contributed by atoms with Crippen molar-refractivity contribution in [2.45, 2.75) is 23.6 Å². The van der Waals surface area contributed by atoms with Crippen LogP contribution in [-0.2, 0) is 19.4 Å². The summed E-state index contributed by atoms with van der Waals surface area (Å²) >= 11 is 0. The smallest absolute Gasteiger partial charge is 0.261 e. The van der Waals surface area contributed by atoms with Crippen LogP contribution in [0.1, 0.15) is 23.7 Å². The Bertz CT molecular complexity index is 1030. The van der Waals surface area contributed by atoms with Crippen LogP contribution in [0.25, 0.3) is 0 Å². The van der Waals surface area contributed by atoms with E-state index in [1.54, 1.807) is 60.4 Å². The summed E-state index contributed by atoms with van der Waals surface area (Å²) in [4.78, 5) is 40.8. The maximum atomic E-state index is 13.3. The number of sulfone groups is 1. The maximum absolute atomic E-state index is 13.3. The molecule has 1 unspecified atom stereocenters. The van der Waals surface area contributed by atoms with E-state index in [2.05, 4.69) is 5.32 Å². The molecule has 1 aliphatic rings. The van der Waals surface area contributed by atoms with Crippen LogP contribution in [0.5, 0.6) is 0 Å². The van der Waals surface area contributed by atoms with Gasteiger partial charge in [-0.1, -0.05) is 43.3 Å². The van der Waals surface area contributed by atoms with Crippen LogP contribution in [0.15, 0.2) is 65.6 Å². The molecule has 0 saturated carbocycles. The Morgan fingerprint density at radius 1 is 0.871 bits per heavy atom. The Morgan fingerprint density at radius 3 is 1.94 bits per heavy atom. The lowest BCUT2D eigenvalue weighted by Gasteiger charge is -2.36. The van der Waals surface area contributed by atoms with Crippen LogP contribution in [0, 0.1) is 0 Å². The first-order valence-electron chi connectivity index (χ1n) is 10.1. The average molecular weight is 444 g/mol. The quantitative estimate of drug-likeness (QED) is 0.725. The van der Waals surface area contributed by atoms with E-state index in [0.717, 1.165) is 0 Å². The fraction of sp³-hybridized carbons (Fsp3) is 0.318. The van der Waals surface area contributed by atoms with Gasteiger partial charge in [0.2, 0.25) is 21.1 Å². The van der Waals surface area contributed by atoms with Gasteiger partial charge in [-0.05, 0) is 24.3 Å². The first kappa shape index (κ1) is 22.5. The van der Waals surface area contributed by atoms with Crippen molar-refractivity contribution >= 4 is 27.6 Å². The summed E-state index contributed by atoms with van der Waals surface area (Å²) in [5, 5.41) is 0.648. The zero-order chi connectivity index (χ0) is 22.4. The van der Waals surface area contributed by atoms with Crippen LogP contribution in [0.4, 0.5) is 0 Å². The van der Waals surface area contributed by atoms with E-state index in [4.69, 9.17) is 0 Å². The molecule has 1 heterocycles.